The number of benzene rings is 3. The normalized spacial score (nSPS) is 13.9. The fraction of sp³-hybridized carbons (Fsp3) is 0.410. The zero-order valence-electron chi connectivity index (χ0n) is 29.7. The molecule has 0 aliphatic carbocycles. The second-order valence-electron chi connectivity index (χ2n) is 13.4. The van der Waals surface area contributed by atoms with Gasteiger partial charge in [0.1, 0.15) is 6.04 Å². The van der Waals surface area contributed by atoms with Crippen LogP contribution in [-0.2, 0) is 31.9 Å². The number of carbonyl (C=O) groups is 3. The molecule has 3 aromatic rings. The second kappa shape index (κ2) is 19.1. The molecule has 0 saturated carbocycles. The van der Waals surface area contributed by atoms with E-state index in [-0.39, 0.29) is 47.8 Å². The van der Waals surface area contributed by atoms with Gasteiger partial charge in [0.25, 0.3) is 5.91 Å². The third kappa shape index (κ3) is 12.1. The zero-order chi connectivity index (χ0) is 36.8. The molecule has 0 fully saturated rings. The van der Waals surface area contributed by atoms with Crippen molar-refractivity contribution in [3.05, 3.63) is 114 Å². The SMILES string of the molecule is C=CC[C@H](C[C@H](O)[C@H](CC(C)C)NC(=O)c1cccc(N(C)S(=O)(=O)Cc2ccccc2)c1)C(=O)N[C@H](C(=O)NCc1ccccc1)C(C)C. The lowest BCUT2D eigenvalue weighted by molar-refractivity contribution is -0.132. The van der Waals surface area contributed by atoms with Crippen molar-refractivity contribution in [1.29, 1.82) is 0 Å². The van der Waals surface area contributed by atoms with E-state index in [0.717, 1.165) is 9.87 Å². The number of aliphatic hydroxyl groups is 1. The van der Waals surface area contributed by atoms with Crippen LogP contribution < -0.4 is 20.3 Å². The summed E-state index contributed by atoms with van der Waals surface area (Å²) in [5, 5.41) is 20.2. The molecule has 0 saturated heterocycles. The van der Waals surface area contributed by atoms with Crippen LogP contribution in [0.15, 0.2) is 97.6 Å². The minimum atomic E-state index is -3.73. The largest absolute Gasteiger partial charge is 0.391 e. The van der Waals surface area contributed by atoms with Crippen molar-refractivity contribution in [1.82, 2.24) is 16.0 Å². The molecule has 3 aromatic carbocycles. The molecule has 3 rings (SSSR count). The maximum Gasteiger partial charge on any atom is 0.251 e. The highest BCUT2D eigenvalue weighted by molar-refractivity contribution is 7.92. The maximum atomic E-state index is 13.6. The molecule has 0 bridgehead atoms. The Kier molecular flexibility index (Phi) is 15.2. The van der Waals surface area contributed by atoms with Gasteiger partial charge in [-0.3, -0.25) is 18.7 Å². The first-order chi connectivity index (χ1) is 23.7. The molecule has 0 radical (unpaired) electrons. The Morgan fingerprint density at radius 1 is 0.840 bits per heavy atom. The lowest BCUT2D eigenvalue weighted by Gasteiger charge is -2.29. The van der Waals surface area contributed by atoms with E-state index >= 15 is 0 Å². The van der Waals surface area contributed by atoms with E-state index in [0.29, 0.717) is 24.2 Å². The maximum absolute atomic E-state index is 13.6. The third-order valence-electron chi connectivity index (χ3n) is 8.49. The van der Waals surface area contributed by atoms with Gasteiger partial charge in [0, 0.05) is 25.1 Å². The molecule has 0 aliphatic rings. The van der Waals surface area contributed by atoms with Crippen LogP contribution in [0, 0.1) is 17.8 Å². The van der Waals surface area contributed by atoms with E-state index in [9.17, 15) is 27.9 Å². The van der Waals surface area contributed by atoms with E-state index < -0.39 is 40.0 Å². The van der Waals surface area contributed by atoms with Crippen LogP contribution in [0.2, 0.25) is 0 Å². The number of nitrogens with zero attached hydrogens (tertiary/aromatic N) is 1. The number of hydrogen-bond donors (Lipinski definition) is 4. The van der Waals surface area contributed by atoms with Crippen LogP contribution in [0.1, 0.15) is 68.4 Å². The summed E-state index contributed by atoms with van der Waals surface area (Å²) in [6.45, 7) is 11.8. The minimum Gasteiger partial charge on any atom is -0.391 e. The molecule has 270 valence electrons. The Labute approximate surface area is 297 Å². The van der Waals surface area contributed by atoms with Gasteiger partial charge in [-0.2, -0.15) is 0 Å². The molecule has 10 nitrogen and oxygen atoms in total. The highest BCUT2D eigenvalue weighted by Gasteiger charge is 2.32. The van der Waals surface area contributed by atoms with Gasteiger partial charge in [-0.25, -0.2) is 8.42 Å². The molecule has 0 spiro atoms. The van der Waals surface area contributed by atoms with E-state index in [1.165, 1.54) is 13.1 Å². The summed E-state index contributed by atoms with van der Waals surface area (Å²) in [5.41, 5.74) is 2.14. The minimum absolute atomic E-state index is 0.0203. The molecular formula is C39H52N4O6S. The van der Waals surface area contributed by atoms with Crippen molar-refractivity contribution in [2.75, 3.05) is 11.4 Å². The van der Waals surface area contributed by atoms with Crippen LogP contribution in [0.3, 0.4) is 0 Å². The molecule has 11 heteroatoms. The number of amides is 3. The molecule has 50 heavy (non-hydrogen) atoms. The lowest BCUT2D eigenvalue weighted by Crippen LogP contribution is -2.52. The van der Waals surface area contributed by atoms with Crippen LogP contribution in [0.4, 0.5) is 5.69 Å². The number of aliphatic hydroxyl groups excluding tert-OH is 1. The summed E-state index contributed by atoms with van der Waals surface area (Å²) in [6, 6.07) is 23.2. The van der Waals surface area contributed by atoms with Crippen LogP contribution in [0.25, 0.3) is 0 Å². The van der Waals surface area contributed by atoms with Crippen molar-refractivity contribution in [3.8, 4) is 0 Å². The van der Waals surface area contributed by atoms with Crippen LogP contribution in [0.5, 0.6) is 0 Å². The summed E-state index contributed by atoms with van der Waals surface area (Å²) in [4.78, 5) is 40.2. The summed E-state index contributed by atoms with van der Waals surface area (Å²) in [7, 11) is -2.29. The van der Waals surface area contributed by atoms with Crippen molar-refractivity contribution in [2.24, 2.45) is 17.8 Å². The molecule has 0 aliphatic heterocycles. The first-order valence-electron chi connectivity index (χ1n) is 17.0. The average Bonchev–Trinajstić information content (AvgIpc) is 3.08. The number of carbonyl (C=O) groups excluding carboxylic acids is 3. The van der Waals surface area contributed by atoms with Crippen molar-refractivity contribution < 1.29 is 27.9 Å². The summed E-state index contributed by atoms with van der Waals surface area (Å²) in [6.07, 6.45) is 1.20. The van der Waals surface area contributed by atoms with Gasteiger partial charge in [-0.15, -0.1) is 6.58 Å². The van der Waals surface area contributed by atoms with Gasteiger partial charge in [-0.05, 0) is 60.4 Å². The monoisotopic (exact) mass is 704 g/mol. The predicted octanol–water partition coefficient (Wildman–Crippen LogP) is 5.20. The Bertz CT molecular complexity index is 1660. The number of sulfonamides is 1. The van der Waals surface area contributed by atoms with Gasteiger partial charge in [0.05, 0.1) is 23.6 Å². The molecule has 4 atom stereocenters. The van der Waals surface area contributed by atoms with Crippen molar-refractivity contribution >= 4 is 33.4 Å². The zero-order valence-corrected chi connectivity index (χ0v) is 30.5. The number of rotatable bonds is 19. The number of allylic oxidation sites excluding steroid dienone is 1. The van der Waals surface area contributed by atoms with E-state index in [1.807, 2.05) is 64.1 Å². The summed E-state index contributed by atoms with van der Waals surface area (Å²) in [5.74, 6) is -2.17. The quantitative estimate of drug-likeness (QED) is 0.126. The molecule has 0 aromatic heterocycles. The molecule has 4 N–H and O–H groups in total. The standard InChI is InChI=1S/C39H52N4O6S/c1-7-15-31(38(46)42-36(28(4)5)39(47)40-25-29-16-10-8-11-17-29)24-35(44)34(22-27(2)3)41-37(45)32-20-14-21-33(23-32)43(6)50(48,49)26-30-18-12-9-13-19-30/h7-14,16-21,23,27-28,31,34-36,44H,1,15,22,24-26H2,2-6H3,(H,40,47)(H,41,45)(H,42,46)/t31-,34+,35+,36+/m1/s1. The number of anilines is 1. The summed E-state index contributed by atoms with van der Waals surface area (Å²) >= 11 is 0. The average molecular weight is 705 g/mol. The topological polar surface area (TPSA) is 145 Å². The highest BCUT2D eigenvalue weighted by Crippen LogP contribution is 2.23. The van der Waals surface area contributed by atoms with E-state index in [1.54, 1.807) is 48.5 Å². The lowest BCUT2D eigenvalue weighted by atomic mass is 9.89. The fourth-order valence-corrected chi connectivity index (χ4v) is 6.87. The Balaban J connectivity index is 1.71. The first kappa shape index (κ1) is 40.0. The first-order valence-corrected chi connectivity index (χ1v) is 18.6. The van der Waals surface area contributed by atoms with Crippen LogP contribution in [-0.4, -0.2) is 56.5 Å². The Morgan fingerprint density at radius 3 is 2.04 bits per heavy atom. The highest BCUT2D eigenvalue weighted by atomic mass is 32.2. The van der Waals surface area contributed by atoms with E-state index in [4.69, 9.17) is 0 Å². The number of nitrogens with one attached hydrogen (secondary N) is 3. The molecule has 0 unspecified atom stereocenters. The van der Waals surface area contributed by atoms with Crippen LogP contribution >= 0.6 is 0 Å². The van der Waals surface area contributed by atoms with Crippen molar-refractivity contribution in [2.45, 2.75) is 77.4 Å². The van der Waals surface area contributed by atoms with Gasteiger partial charge in [0.15, 0.2) is 0 Å². The molecular weight excluding hydrogens is 653 g/mol. The van der Waals surface area contributed by atoms with E-state index in [2.05, 4.69) is 22.5 Å². The Morgan fingerprint density at radius 2 is 1.46 bits per heavy atom. The van der Waals surface area contributed by atoms with Gasteiger partial charge < -0.3 is 21.1 Å². The Hall–Kier alpha value is -4.48. The van der Waals surface area contributed by atoms with Crippen molar-refractivity contribution in [3.63, 3.8) is 0 Å². The van der Waals surface area contributed by atoms with Gasteiger partial charge >= 0.3 is 0 Å². The van der Waals surface area contributed by atoms with Gasteiger partial charge in [0.2, 0.25) is 21.8 Å². The number of hydrogen-bond acceptors (Lipinski definition) is 6. The molecule has 0 heterocycles. The second-order valence-corrected chi connectivity index (χ2v) is 15.4. The smallest absolute Gasteiger partial charge is 0.251 e. The third-order valence-corrected chi connectivity index (χ3v) is 10.2. The molecule has 3 amide bonds. The summed E-state index contributed by atoms with van der Waals surface area (Å²) < 4.78 is 27.4. The fourth-order valence-electron chi connectivity index (χ4n) is 5.63. The predicted molar refractivity (Wildman–Crippen MR) is 199 cm³/mol. The van der Waals surface area contributed by atoms with Gasteiger partial charge in [-0.1, -0.05) is 101 Å².